The molecule has 0 spiro atoms. The molecule has 7 heteroatoms. The number of hydrogen-bond donors (Lipinski definition) is 1. The highest BCUT2D eigenvalue weighted by atomic mass is 32.1. The minimum atomic E-state index is -0.190. The van der Waals surface area contributed by atoms with E-state index in [2.05, 4.69) is 46.4 Å². The number of nitrogens with one attached hydrogen (secondary N) is 1. The second-order valence-corrected chi connectivity index (χ2v) is 6.68. The minimum absolute atomic E-state index is 0.190. The number of likely N-dealkylation sites (N-methyl/N-ethyl adjacent to an activating group) is 1. The van der Waals surface area contributed by atoms with E-state index >= 15 is 0 Å². The zero-order chi connectivity index (χ0) is 15.8. The molecule has 3 heterocycles. The Kier molecular flexibility index (Phi) is 3.42. The number of thiophene rings is 1. The quantitative estimate of drug-likeness (QED) is 0.800. The van der Waals surface area contributed by atoms with E-state index in [4.69, 9.17) is 4.74 Å². The Balaban J connectivity index is 1.62. The van der Waals surface area contributed by atoms with Crippen LogP contribution in [0.25, 0.3) is 10.4 Å². The molecule has 0 unspecified atom stereocenters. The Morgan fingerprint density at radius 1 is 1.35 bits per heavy atom. The van der Waals surface area contributed by atoms with Crippen LogP contribution < -0.4 is 15.3 Å². The summed E-state index contributed by atoms with van der Waals surface area (Å²) < 4.78 is 7.33. The van der Waals surface area contributed by atoms with Gasteiger partial charge in [-0.3, -0.25) is 4.57 Å². The molecule has 1 aliphatic heterocycles. The van der Waals surface area contributed by atoms with Crippen LogP contribution in [0, 0.1) is 0 Å². The summed E-state index contributed by atoms with van der Waals surface area (Å²) in [5, 5.41) is 6.15. The Bertz CT molecular complexity index is 895. The van der Waals surface area contributed by atoms with E-state index in [1.807, 2.05) is 6.07 Å². The van der Waals surface area contributed by atoms with Crippen LogP contribution in [-0.2, 0) is 6.54 Å². The third-order valence-corrected chi connectivity index (χ3v) is 5.06. The molecule has 6 nitrogen and oxygen atoms in total. The van der Waals surface area contributed by atoms with Crippen molar-refractivity contribution in [2.24, 2.45) is 0 Å². The van der Waals surface area contributed by atoms with Gasteiger partial charge in [0.2, 0.25) is 0 Å². The zero-order valence-electron chi connectivity index (χ0n) is 12.7. The van der Waals surface area contributed by atoms with Crippen LogP contribution in [0.3, 0.4) is 0 Å². The van der Waals surface area contributed by atoms with Crippen molar-refractivity contribution in [3.8, 4) is 16.2 Å². The molecule has 118 valence electrons. The van der Waals surface area contributed by atoms with E-state index in [1.54, 1.807) is 15.9 Å². The molecule has 1 aromatic carbocycles. The number of anilines is 1. The molecule has 23 heavy (non-hydrogen) atoms. The summed E-state index contributed by atoms with van der Waals surface area (Å²) in [6, 6.07) is 10.4. The van der Waals surface area contributed by atoms with Gasteiger partial charge in [0.05, 0.1) is 18.8 Å². The molecule has 0 atom stereocenters. The molecule has 0 saturated carbocycles. The van der Waals surface area contributed by atoms with Crippen molar-refractivity contribution >= 4 is 17.0 Å². The largest absolute Gasteiger partial charge is 0.490 e. The van der Waals surface area contributed by atoms with E-state index in [0.29, 0.717) is 13.2 Å². The summed E-state index contributed by atoms with van der Waals surface area (Å²) in [6.07, 6.45) is 1.52. The van der Waals surface area contributed by atoms with Gasteiger partial charge in [0.1, 0.15) is 18.7 Å². The van der Waals surface area contributed by atoms with E-state index in [0.717, 1.165) is 33.3 Å². The van der Waals surface area contributed by atoms with E-state index in [9.17, 15) is 4.79 Å². The lowest BCUT2D eigenvalue weighted by Gasteiger charge is -2.27. The van der Waals surface area contributed by atoms with Gasteiger partial charge in [0, 0.05) is 16.8 Å². The van der Waals surface area contributed by atoms with Crippen LogP contribution in [0.4, 0.5) is 5.69 Å². The van der Waals surface area contributed by atoms with Crippen LogP contribution in [0.5, 0.6) is 5.75 Å². The number of aromatic amines is 1. The SMILES string of the molecule is CN1CCOc2cc(-c3ccc(Cn4cn[nH]c4=O)s3)ccc21. The first-order valence-electron chi connectivity index (χ1n) is 7.37. The summed E-state index contributed by atoms with van der Waals surface area (Å²) in [5.74, 6) is 0.928. The Morgan fingerprint density at radius 3 is 3.09 bits per heavy atom. The highest BCUT2D eigenvalue weighted by molar-refractivity contribution is 7.15. The fraction of sp³-hybridized carbons (Fsp3) is 0.250. The molecule has 0 bridgehead atoms. The van der Waals surface area contributed by atoms with Gasteiger partial charge in [-0.2, -0.15) is 5.10 Å². The van der Waals surface area contributed by atoms with Crippen molar-refractivity contribution in [2.45, 2.75) is 6.54 Å². The molecular weight excluding hydrogens is 312 g/mol. The van der Waals surface area contributed by atoms with Crippen molar-refractivity contribution in [3.63, 3.8) is 0 Å². The fourth-order valence-corrected chi connectivity index (χ4v) is 3.68. The fourth-order valence-electron chi connectivity index (χ4n) is 2.68. The lowest BCUT2D eigenvalue weighted by molar-refractivity contribution is 0.311. The Morgan fingerprint density at radius 2 is 2.26 bits per heavy atom. The van der Waals surface area contributed by atoms with Gasteiger partial charge in [-0.05, 0) is 29.8 Å². The Hall–Kier alpha value is -2.54. The maximum atomic E-state index is 11.5. The normalized spacial score (nSPS) is 13.7. The van der Waals surface area contributed by atoms with Crippen LogP contribution in [0.15, 0.2) is 41.5 Å². The predicted molar refractivity (Wildman–Crippen MR) is 90.5 cm³/mol. The van der Waals surface area contributed by atoms with Gasteiger partial charge < -0.3 is 9.64 Å². The average molecular weight is 328 g/mol. The molecule has 1 N–H and O–H groups in total. The van der Waals surface area contributed by atoms with Crippen molar-refractivity contribution in [2.75, 3.05) is 25.1 Å². The lowest BCUT2D eigenvalue weighted by Crippen LogP contribution is -2.28. The molecule has 3 aromatic rings. The van der Waals surface area contributed by atoms with Crippen LogP contribution in [0.2, 0.25) is 0 Å². The zero-order valence-corrected chi connectivity index (χ0v) is 13.5. The van der Waals surface area contributed by atoms with Crippen molar-refractivity contribution in [1.29, 1.82) is 0 Å². The van der Waals surface area contributed by atoms with Gasteiger partial charge in [0.25, 0.3) is 0 Å². The number of hydrogen-bond acceptors (Lipinski definition) is 5. The number of fused-ring (bicyclic) bond motifs is 1. The number of aromatic nitrogens is 3. The number of rotatable bonds is 3. The first-order chi connectivity index (χ1) is 11.2. The molecule has 4 rings (SSSR count). The maximum absolute atomic E-state index is 11.5. The molecule has 1 aliphatic rings. The standard InChI is InChI=1S/C16H16N4O2S/c1-19-6-7-22-14-8-11(2-4-13(14)19)15-5-3-12(23-15)9-20-10-17-18-16(20)21/h2-5,8,10H,6-7,9H2,1H3,(H,18,21). The van der Waals surface area contributed by atoms with E-state index in [1.165, 1.54) is 6.33 Å². The van der Waals surface area contributed by atoms with E-state index in [-0.39, 0.29) is 5.69 Å². The number of ether oxygens (including phenoxy) is 1. The number of nitrogens with zero attached hydrogens (tertiary/aromatic N) is 3. The number of H-pyrrole nitrogens is 1. The predicted octanol–water partition coefficient (Wildman–Crippen LogP) is 2.18. The first-order valence-corrected chi connectivity index (χ1v) is 8.19. The van der Waals surface area contributed by atoms with E-state index < -0.39 is 0 Å². The average Bonchev–Trinajstić information content (AvgIpc) is 3.18. The second kappa shape index (κ2) is 5.58. The molecule has 0 saturated heterocycles. The van der Waals surface area contributed by atoms with Crippen molar-refractivity contribution in [1.82, 2.24) is 14.8 Å². The van der Waals surface area contributed by atoms with Crippen molar-refractivity contribution < 1.29 is 4.74 Å². The highest BCUT2D eigenvalue weighted by Gasteiger charge is 2.16. The maximum Gasteiger partial charge on any atom is 0.343 e. The lowest BCUT2D eigenvalue weighted by atomic mass is 10.1. The van der Waals surface area contributed by atoms with Gasteiger partial charge in [0.15, 0.2) is 0 Å². The summed E-state index contributed by atoms with van der Waals surface area (Å²) in [6.45, 7) is 2.16. The van der Waals surface area contributed by atoms with Gasteiger partial charge >= 0.3 is 5.69 Å². The van der Waals surface area contributed by atoms with Crippen LogP contribution in [-0.4, -0.2) is 35.0 Å². The Labute approximate surface area is 137 Å². The molecule has 0 radical (unpaired) electrons. The van der Waals surface area contributed by atoms with Gasteiger partial charge in [-0.15, -0.1) is 11.3 Å². The minimum Gasteiger partial charge on any atom is -0.490 e. The smallest absolute Gasteiger partial charge is 0.343 e. The third kappa shape index (κ3) is 2.63. The highest BCUT2D eigenvalue weighted by Crippen LogP contribution is 2.37. The topological polar surface area (TPSA) is 63.1 Å². The number of benzene rings is 1. The van der Waals surface area contributed by atoms with Gasteiger partial charge in [-0.1, -0.05) is 6.07 Å². The summed E-state index contributed by atoms with van der Waals surface area (Å²) in [4.78, 5) is 16.0. The summed E-state index contributed by atoms with van der Waals surface area (Å²) in [7, 11) is 2.08. The molecular formula is C16H16N4O2S. The third-order valence-electron chi connectivity index (χ3n) is 3.95. The molecule has 2 aromatic heterocycles. The molecule has 0 fully saturated rings. The van der Waals surface area contributed by atoms with Crippen LogP contribution in [0.1, 0.15) is 4.88 Å². The second-order valence-electron chi connectivity index (χ2n) is 5.51. The monoisotopic (exact) mass is 328 g/mol. The molecule has 0 aliphatic carbocycles. The summed E-state index contributed by atoms with van der Waals surface area (Å²) in [5.41, 5.74) is 2.07. The first kappa shape index (κ1) is 14.1. The summed E-state index contributed by atoms with van der Waals surface area (Å²) >= 11 is 1.67. The van der Waals surface area contributed by atoms with Gasteiger partial charge in [-0.25, -0.2) is 9.89 Å². The molecule has 0 amide bonds. The van der Waals surface area contributed by atoms with Crippen molar-refractivity contribution in [3.05, 3.63) is 52.0 Å². The van der Waals surface area contributed by atoms with Crippen LogP contribution >= 0.6 is 11.3 Å².